The number of ether oxygens (including phenoxy) is 17. The molecule has 83 heavy (non-hydrogen) atoms. The number of hydrogen-bond acceptors (Lipinski definition) is 27. The van der Waals surface area contributed by atoms with Gasteiger partial charge in [0.1, 0.15) is 11.4 Å². The molecule has 0 saturated carbocycles. The van der Waals surface area contributed by atoms with Gasteiger partial charge in [-0.25, -0.2) is 15.4 Å². The van der Waals surface area contributed by atoms with Gasteiger partial charge in [0.15, 0.2) is 0 Å². The van der Waals surface area contributed by atoms with Crippen LogP contribution in [-0.4, -0.2) is 283 Å². The van der Waals surface area contributed by atoms with E-state index in [-0.39, 0.29) is 56.6 Å². The van der Waals surface area contributed by atoms with Crippen LogP contribution < -0.4 is 27.6 Å². The second-order valence-corrected chi connectivity index (χ2v) is 17.7. The zero-order chi connectivity index (χ0) is 61.5. The fourth-order valence-corrected chi connectivity index (χ4v) is 5.44. The zero-order valence-electron chi connectivity index (χ0n) is 49.9. The van der Waals surface area contributed by atoms with Gasteiger partial charge in [0.05, 0.1) is 224 Å². The number of rotatable bonds is 56. The lowest BCUT2D eigenvalue weighted by Gasteiger charge is -2.18. The largest absolute Gasteiger partial charge is 0.443 e. The lowest BCUT2D eigenvalue weighted by atomic mass is 10.2. The van der Waals surface area contributed by atoms with E-state index in [4.69, 9.17) is 96.9 Å². The molecular weight excluding hydrogens is 1110 g/mol. The fraction of sp³-hybridized carbons (Fsp3) is 0.865. The number of Topliss-reactive ketones (excluding diaryl/α,β-unsaturated/α-hetero) is 1. The molecule has 1 rings (SSSR count). The van der Waals surface area contributed by atoms with Crippen molar-refractivity contribution in [1.82, 2.24) is 21.1 Å². The molecule has 7 N–H and O–H groups in total. The number of hydrazine groups is 1. The van der Waals surface area contributed by atoms with Crippen LogP contribution in [-0.2, 0) is 114 Å². The van der Waals surface area contributed by atoms with E-state index in [2.05, 4.69) is 10.6 Å². The Morgan fingerprint density at radius 2 is 0.651 bits per heavy atom. The molecule has 0 spiro atoms. The molecule has 0 atom stereocenters. The summed E-state index contributed by atoms with van der Waals surface area (Å²) < 4.78 is 90.5. The molecule has 0 radical (unpaired) electrons. The minimum absolute atomic E-state index is 0.00852. The molecular formula is C52H100N6O25. The molecule has 0 aliphatic carbocycles. The molecule has 5 amide bonds. The molecule has 0 aromatic carbocycles. The highest BCUT2D eigenvalue weighted by Gasteiger charge is 2.32. The predicted octanol–water partition coefficient (Wildman–Crippen LogP) is -1.19. The Kier molecular flexibility index (Phi) is 60.7. The van der Waals surface area contributed by atoms with E-state index in [0.29, 0.717) is 223 Å². The van der Waals surface area contributed by atoms with Gasteiger partial charge >= 0.3 is 12.1 Å². The molecule has 0 bridgehead atoms. The lowest BCUT2D eigenvalue weighted by molar-refractivity contribution is -0.198. The van der Waals surface area contributed by atoms with Gasteiger partial charge < -0.3 is 102 Å². The Morgan fingerprint density at radius 1 is 0.410 bits per heavy atom. The average Bonchev–Trinajstić information content (AvgIpc) is 3.93. The number of amides is 5. The highest BCUT2D eigenvalue weighted by atomic mass is 16.7. The van der Waals surface area contributed by atoms with E-state index in [1.807, 2.05) is 5.43 Å². The molecule has 488 valence electrons. The second-order valence-electron chi connectivity index (χ2n) is 17.7. The summed E-state index contributed by atoms with van der Waals surface area (Å²) in [6.45, 7) is 23.6. The van der Waals surface area contributed by atoms with E-state index in [9.17, 15) is 33.6 Å². The van der Waals surface area contributed by atoms with E-state index in [0.717, 1.165) is 0 Å². The average molecular weight is 1210 g/mol. The number of hydrogen-bond donors (Lipinski definition) is 5. The van der Waals surface area contributed by atoms with E-state index >= 15 is 0 Å². The lowest BCUT2D eigenvalue weighted by Crippen LogP contribution is -2.36. The van der Waals surface area contributed by atoms with Crippen LogP contribution in [0.3, 0.4) is 0 Å². The molecule has 31 heteroatoms. The van der Waals surface area contributed by atoms with Crippen molar-refractivity contribution in [2.45, 2.75) is 65.9 Å². The van der Waals surface area contributed by atoms with Gasteiger partial charge in [0.2, 0.25) is 11.8 Å². The van der Waals surface area contributed by atoms with Crippen LogP contribution in [0, 0.1) is 0 Å². The van der Waals surface area contributed by atoms with Crippen molar-refractivity contribution >= 4 is 41.5 Å². The standard InChI is InChI=1S/C25H44N2O13.C22H44N2O10.C5H12N2O2/c1-22(28)26-5-7-33-9-11-35-13-15-37-17-19-39-21-20-38-18-16-36-14-12-34-10-8-32-6-4-25(31)40-27-23(29)2-3-24(27)30;1-21(25)24-3-5-28-7-9-30-11-13-32-15-17-34-19-18-33-16-14-31-12-10-29-8-6-27-4-2-22(26)20-23;1-5(2,3)9-4(8)7-6/h2-21H2,1H3,(H,26,28);2-20,23H2,1H3,(H,24,25);6H2,1-3H3,(H,7,8). The topological polar surface area (TPSA) is 377 Å². The summed E-state index contributed by atoms with van der Waals surface area (Å²) in [5, 5.41) is 5.81. The number of nitrogens with zero attached hydrogens (tertiary/aromatic N) is 1. The Morgan fingerprint density at radius 3 is 0.867 bits per heavy atom. The van der Waals surface area contributed by atoms with Crippen molar-refractivity contribution in [2.24, 2.45) is 11.6 Å². The van der Waals surface area contributed by atoms with Crippen LogP contribution in [0.2, 0.25) is 0 Å². The first kappa shape index (κ1) is 80.8. The van der Waals surface area contributed by atoms with Crippen LogP contribution >= 0.6 is 0 Å². The van der Waals surface area contributed by atoms with E-state index in [1.165, 1.54) is 13.8 Å². The summed E-state index contributed by atoms with van der Waals surface area (Å²) in [5.74, 6) is 2.89. The number of carbonyl (C=O) groups is 7. The van der Waals surface area contributed by atoms with E-state index in [1.54, 1.807) is 20.8 Å². The maximum absolute atomic E-state index is 11.6. The normalized spacial score (nSPS) is 12.1. The summed E-state index contributed by atoms with van der Waals surface area (Å²) >= 11 is 0. The smallest absolute Gasteiger partial charge is 0.421 e. The number of nitrogens with two attached hydrogens (primary N) is 2. The first-order chi connectivity index (χ1) is 40.1. The van der Waals surface area contributed by atoms with Crippen molar-refractivity contribution < 1.29 is 119 Å². The number of nitrogens with one attached hydrogen (secondary N) is 3. The van der Waals surface area contributed by atoms with Gasteiger partial charge in [-0.1, -0.05) is 0 Å². The predicted molar refractivity (Wildman–Crippen MR) is 295 cm³/mol. The van der Waals surface area contributed by atoms with Gasteiger partial charge in [-0.05, 0) is 20.8 Å². The van der Waals surface area contributed by atoms with Crippen LogP contribution in [0.5, 0.6) is 0 Å². The van der Waals surface area contributed by atoms with Gasteiger partial charge in [-0.15, -0.1) is 5.06 Å². The van der Waals surface area contributed by atoms with Crippen molar-refractivity contribution in [3.8, 4) is 0 Å². The minimum Gasteiger partial charge on any atom is -0.443 e. The second kappa shape index (κ2) is 62.3. The van der Waals surface area contributed by atoms with Crippen molar-refractivity contribution in [3.05, 3.63) is 0 Å². The van der Waals surface area contributed by atoms with Gasteiger partial charge in [0.25, 0.3) is 11.8 Å². The highest BCUT2D eigenvalue weighted by Crippen LogP contribution is 2.12. The third-order valence-electron chi connectivity index (χ3n) is 9.37. The van der Waals surface area contributed by atoms with Gasteiger partial charge in [-0.2, -0.15) is 0 Å². The monoisotopic (exact) mass is 1210 g/mol. The fourth-order valence-electron chi connectivity index (χ4n) is 5.44. The Hall–Kier alpha value is -4.23. The molecule has 1 aliphatic rings. The Bertz CT molecular complexity index is 1560. The number of imide groups is 1. The summed E-state index contributed by atoms with van der Waals surface area (Å²) in [4.78, 5) is 81.7. The summed E-state index contributed by atoms with van der Waals surface area (Å²) in [7, 11) is 0. The molecule has 1 saturated heterocycles. The quantitative estimate of drug-likeness (QED) is 0.0157. The number of ketones is 1. The maximum Gasteiger partial charge on any atom is 0.421 e. The molecule has 0 unspecified atom stereocenters. The molecule has 0 aromatic heterocycles. The third-order valence-corrected chi connectivity index (χ3v) is 9.37. The summed E-state index contributed by atoms with van der Waals surface area (Å²) in [5.41, 5.74) is 6.60. The molecule has 0 aromatic rings. The maximum atomic E-state index is 11.6. The first-order valence-corrected chi connectivity index (χ1v) is 27.8. The summed E-state index contributed by atoms with van der Waals surface area (Å²) in [6, 6.07) is 0. The number of hydroxylamine groups is 2. The van der Waals surface area contributed by atoms with Crippen LogP contribution in [0.15, 0.2) is 0 Å². The Balaban J connectivity index is 0. The number of carbonyl (C=O) groups excluding carboxylic acids is 7. The van der Waals surface area contributed by atoms with Crippen LogP contribution in [0.1, 0.15) is 60.3 Å². The van der Waals surface area contributed by atoms with Crippen LogP contribution in [0.25, 0.3) is 0 Å². The SMILES string of the molecule is CC(=O)NCCOCCOCCOCCOCCOCCOCCOCCOCCC(=O)CN.CC(=O)NCCOCCOCCOCCOCCOCCOCCOCCOCCC(=O)ON1C(=O)CCC1=O.CC(C)(C)OC(=O)NN. The van der Waals surface area contributed by atoms with Crippen LogP contribution in [0.4, 0.5) is 4.79 Å². The highest BCUT2D eigenvalue weighted by molar-refractivity contribution is 6.01. The van der Waals surface area contributed by atoms with Crippen molar-refractivity contribution in [2.75, 3.05) is 231 Å². The molecule has 1 fully saturated rings. The minimum atomic E-state index is -0.700. The first-order valence-electron chi connectivity index (χ1n) is 27.8. The van der Waals surface area contributed by atoms with Gasteiger partial charge in [-0.3, -0.25) is 29.4 Å². The van der Waals surface area contributed by atoms with E-state index < -0.39 is 29.5 Å². The molecule has 1 heterocycles. The van der Waals surface area contributed by atoms with Crippen molar-refractivity contribution in [1.29, 1.82) is 0 Å². The molecule has 1 aliphatic heterocycles. The van der Waals surface area contributed by atoms with Gasteiger partial charge in [0, 0.05) is 46.2 Å². The zero-order valence-corrected chi connectivity index (χ0v) is 49.9. The summed E-state index contributed by atoms with van der Waals surface area (Å²) in [6.07, 6.45) is -0.220. The Labute approximate surface area is 489 Å². The molecule has 31 nitrogen and oxygen atoms in total. The third kappa shape index (κ3) is 66.8. The van der Waals surface area contributed by atoms with Crippen molar-refractivity contribution in [3.63, 3.8) is 0 Å².